The molecule has 0 bridgehead atoms. The number of hydrogen-bond donors (Lipinski definition) is 2. The van der Waals surface area contributed by atoms with E-state index in [1.54, 1.807) is 24.3 Å². The van der Waals surface area contributed by atoms with E-state index < -0.39 is 0 Å². The Morgan fingerprint density at radius 1 is 1.16 bits per heavy atom. The summed E-state index contributed by atoms with van der Waals surface area (Å²) in [5, 5.41) is 7.43. The van der Waals surface area contributed by atoms with Crippen molar-refractivity contribution in [3.8, 4) is 0 Å². The van der Waals surface area contributed by atoms with E-state index in [1.165, 1.54) is 11.3 Å². The molecule has 0 saturated heterocycles. The molecule has 0 spiro atoms. The van der Waals surface area contributed by atoms with Gasteiger partial charge in [0, 0.05) is 10.6 Å². The molecule has 1 amide bonds. The van der Waals surface area contributed by atoms with E-state index in [1.807, 2.05) is 13.0 Å². The van der Waals surface area contributed by atoms with Gasteiger partial charge in [0.1, 0.15) is 5.52 Å². The number of carbonyl (C=O) groups is 1. The largest absolute Gasteiger partial charge is 0.308 e. The summed E-state index contributed by atoms with van der Waals surface area (Å²) in [5.41, 5.74) is 1.89. The van der Waals surface area contributed by atoms with Crippen LogP contribution < -0.4 is 10.6 Å². The molecule has 0 unspecified atom stereocenters. The minimum atomic E-state index is -0.360. The van der Waals surface area contributed by atoms with Crippen molar-refractivity contribution in [1.82, 2.24) is 10.3 Å². The first kappa shape index (κ1) is 18.4. The molecule has 2 aromatic carbocycles. The molecule has 3 rings (SSSR count). The maximum Gasteiger partial charge on any atom is 0.257 e. The van der Waals surface area contributed by atoms with Crippen LogP contribution in [-0.4, -0.2) is 16.0 Å². The molecule has 4 nitrogen and oxygen atoms in total. The van der Waals surface area contributed by atoms with Crippen molar-refractivity contribution < 1.29 is 4.79 Å². The number of thiocarbonyl (C=S) groups is 1. The van der Waals surface area contributed by atoms with Crippen LogP contribution in [0, 0.1) is 6.92 Å². The zero-order chi connectivity index (χ0) is 18.1. The van der Waals surface area contributed by atoms with Crippen molar-refractivity contribution in [1.29, 1.82) is 0 Å². The van der Waals surface area contributed by atoms with Crippen molar-refractivity contribution in [2.45, 2.75) is 6.92 Å². The van der Waals surface area contributed by atoms with Gasteiger partial charge in [-0.25, -0.2) is 4.98 Å². The van der Waals surface area contributed by atoms with Gasteiger partial charge in [0.2, 0.25) is 0 Å². The van der Waals surface area contributed by atoms with Gasteiger partial charge in [0.05, 0.1) is 14.7 Å². The Hall–Kier alpha value is -1.44. The second-order valence-electron chi connectivity index (χ2n) is 5.10. The SMILES string of the molecule is Cc1ccc(C(=O)NC(=S)Nc2nc3c(Cl)c(Cl)ccc3s2)cc1Cl. The van der Waals surface area contributed by atoms with E-state index in [-0.39, 0.29) is 11.0 Å². The summed E-state index contributed by atoms with van der Waals surface area (Å²) >= 11 is 24.7. The quantitative estimate of drug-likeness (QED) is 0.513. The normalized spacial score (nSPS) is 10.7. The molecule has 1 heterocycles. The molecule has 1 aromatic heterocycles. The van der Waals surface area contributed by atoms with Gasteiger partial charge in [0.25, 0.3) is 5.91 Å². The fourth-order valence-electron chi connectivity index (χ4n) is 2.03. The highest BCUT2D eigenvalue weighted by Gasteiger charge is 2.13. The smallest absolute Gasteiger partial charge is 0.257 e. The Labute approximate surface area is 168 Å². The molecule has 3 aromatic rings. The van der Waals surface area contributed by atoms with Crippen molar-refractivity contribution in [2.24, 2.45) is 0 Å². The molecule has 0 atom stereocenters. The lowest BCUT2D eigenvalue weighted by atomic mass is 10.1. The average molecular weight is 431 g/mol. The van der Waals surface area contributed by atoms with Crippen molar-refractivity contribution in [3.63, 3.8) is 0 Å². The van der Waals surface area contributed by atoms with E-state index in [0.29, 0.717) is 31.3 Å². The van der Waals surface area contributed by atoms with Crippen molar-refractivity contribution >= 4 is 84.7 Å². The molecule has 9 heteroatoms. The molecule has 0 radical (unpaired) electrons. The molecular weight excluding hydrogens is 421 g/mol. The minimum Gasteiger partial charge on any atom is -0.308 e. The highest BCUT2D eigenvalue weighted by atomic mass is 35.5. The first-order valence-corrected chi connectivity index (χ1v) is 9.34. The summed E-state index contributed by atoms with van der Waals surface area (Å²) < 4.78 is 0.858. The third-order valence-corrected chi connectivity index (χ3v) is 5.68. The van der Waals surface area contributed by atoms with Crippen molar-refractivity contribution in [3.05, 3.63) is 56.5 Å². The van der Waals surface area contributed by atoms with Gasteiger partial charge in [-0.1, -0.05) is 52.2 Å². The van der Waals surface area contributed by atoms with Crippen LogP contribution >= 0.6 is 58.4 Å². The molecule has 25 heavy (non-hydrogen) atoms. The van der Waals surface area contributed by atoms with Gasteiger partial charge < -0.3 is 5.32 Å². The summed E-state index contributed by atoms with van der Waals surface area (Å²) in [6, 6.07) is 8.57. The number of anilines is 1. The maximum atomic E-state index is 12.2. The van der Waals surface area contributed by atoms with Gasteiger partial charge in [-0.05, 0) is 49.0 Å². The first-order valence-electron chi connectivity index (χ1n) is 6.98. The summed E-state index contributed by atoms with van der Waals surface area (Å²) in [5.74, 6) is -0.360. The Bertz CT molecular complexity index is 1000. The maximum absolute atomic E-state index is 12.2. The molecular formula is C16H10Cl3N3OS2. The lowest BCUT2D eigenvalue weighted by Crippen LogP contribution is -2.34. The van der Waals surface area contributed by atoms with Gasteiger partial charge >= 0.3 is 0 Å². The predicted octanol–water partition coefficient (Wildman–Crippen LogP) is 5.69. The van der Waals surface area contributed by atoms with E-state index in [9.17, 15) is 4.79 Å². The zero-order valence-corrected chi connectivity index (χ0v) is 16.6. The topological polar surface area (TPSA) is 54.0 Å². The number of hydrogen-bond acceptors (Lipinski definition) is 4. The van der Waals surface area contributed by atoms with Crippen LogP contribution in [0.1, 0.15) is 15.9 Å². The fourth-order valence-corrected chi connectivity index (χ4v) is 3.76. The lowest BCUT2D eigenvalue weighted by Gasteiger charge is -2.08. The van der Waals surface area contributed by atoms with Crippen LogP contribution in [0.25, 0.3) is 10.2 Å². The number of rotatable bonds is 2. The van der Waals surface area contributed by atoms with Crippen LogP contribution in [0.15, 0.2) is 30.3 Å². The average Bonchev–Trinajstić information content (AvgIpc) is 2.96. The third kappa shape index (κ3) is 4.04. The van der Waals surface area contributed by atoms with E-state index in [4.69, 9.17) is 47.0 Å². The number of nitrogens with zero attached hydrogens (tertiary/aromatic N) is 1. The van der Waals surface area contributed by atoms with Gasteiger partial charge in [-0.15, -0.1) is 0 Å². The highest BCUT2D eigenvalue weighted by Crippen LogP contribution is 2.35. The Balaban J connectivity index is 1.73. The van der Waals surface area contributed by atoms with Crippen LogP contribution in [0.5, 0.6) is 0 Å². The number of thiazole rings is 1. The molecule has 0 aliphatic carbocycles. The van der Waals surface area contributed by atoms with Gasteiger partial charge in [-0.2, -0.15) is 0 Å². The highest BCUT2D eigenvalue weighted by molar-refractivity contribution is 7.80. The molecule has 2 N–H and O–H groups in total. The van der Waals surface area contributed by atoms with Crippen LogP contribution in [0.2, 0.25) is 15.1 Å². The molecule has 0 saturated carbocycles. The van der Waals surface area contributed by atoms with Gasteiger partial charge in [0.15, 0.2) is 10.2 Å². The number of nitrogens with one attached hydrogen (secondary N) is 2. The fraction of sp³-hybridized carbons (Fsp3) is 0.0625. The summed E-state index contributed by atoms with van der Waals surface area (Å²) in [4.78, 5) is 16.6. The predicted molar refractivity (Wildman–Crippen MR) is 110 cm³/mol. The monoisotopic (exact) mass is 429 g/mol. The summed E-state index contributed by atoms with van der Waals surface area (Å²) in [6.45, 7) is 1.86. The lowest BCUT2D eigenvalue weighted by molar-refractivity contribution is 0.0977. The molecule has 0 aliphatic rings. The number of amides is 1. The Kier molecular flexibility index (Phi) is 5.46. The van der Waals surface area contributed by atoms with Gasteiger partial charge in [-0.3, -0.25) is 10.1 Å². The second kappa shape index (κ2) is 7.43. The molecule has 0 fully saturated rings. The number of aromatic nitrogens is 1. The Morgan fingerprint density at radius 3 is 2.64 bits per heavy atom. The number of carbonyl (C=O) groups excluding carboxylic acids is 1. The van der Waals surface area contributed by atoms with Crippen LogP contribution in [0.3, 0.4) is 0 Å². The minimum absolute atomic E-state index is 0.128. The number of halogens is 3. The zero-order valence-electron chi connectivity index (χ0n) is 12.7. The van der Waals surface area contributed by atoms with Crippen LogP contribution in [-0.2, 0) is 0 Å². The second-order valence-corrected chi connectivity index (χ2v) is 7.73. The van der Waals surface area contributed by atoms with E-state index in [2.05, 4.69) is 15.6 Å². The molecule has 128 valence electrons. The summed E-state index contributed by atoms with van der Waals surface area (Å²) in [6.07, 6.45) is 0. The molecule has 0 aliphatic heterocycles. The van der Waals surface area contributed by atoms with Crippen molar-refractivity contribution in [2.75, 3.05) is 5.32 Å². The number of fused-ring (bicyclic) bond motifs is 1. The number of aryl methyl sites for hydroxylation is 1. The van der Waals surface area contributed by atoms with E-state index >= 15 is 0 Å². The third-order valence-electron chi connectivity index (χ3n) is 3.33. The number of benzene rings is 2. The standard InChI is InChI=1S/C16H10Cl3N3OS2/c1-7-2-3-8(6-10(7)18)14(23)21-15(24)22-16-20-13-11(25-16)5-4-9(17)12(13)19/h2-6H,1H3,(H2,20,21,22,23,24). The summed E-state index contributed by atoms with van der Waals surface area (Å²) in [7, 11) is 0. The Morgan fingerprint density at radius 2 is 1.92 bits per heavy atom. The first-order chi connectivity index (χ1) is 11.8. The van der Waals surface area contributed by atoms with E-state index in [0.717, 1.165) is 10.3 Å². The van der Waals surface area contributed by atoms with Crippen LogP contribution in [0.4, 0.5) is 5.13 Å².